The third-order valence-electron chi connectivity index (χ3n) is 1.47. The van der Waals surface area contributed by atoms with E-state index in [1.807, 2.05) is 6.08 Å². The average Bonchev–Trinajstić information content (AvgIpc) is 1.87. The highest BCUT2D eigenvalue weighted by atomic mass is 13.9. The Morgan fingerprint density at radius 1 is 1.27 bits per heavy atom. The molecule has 0 nitrogen and oxygen atoms in total. The van der Waals surface area contributed by atoms with Crippen LogP contribution < -0.4 is 0 Å². The Kier molecular flexibility index (Phi) is 5.54. The number of rotatable bonds is 4. The quantitative estimate of drug-likeness (QED) is 0.422. The molecular weight excluding hydrogens is 132 g/mol. The molecule has 0 unspecified atom stereocenters. The lowest BCUT2D eigenvalue weighted by Gasteiger charge is -1.95. The second-order valence-corrected chi connectivity index (χ2v) is 3.03. The summed E-state index contributed by atoms with van der Waals surface area (Å²) in [6, 6.07) is 0. The molecule has 0 saturated carbocycles. The van der Waals surface area contributed by atoms with Crippen molar-refractivity contribution in [1.82, 2.24) is 0 Å². The van der Waals surface area contributed by atoms with E-state index >= 15 is 0 Å². The Labute approximate surface area is 70.3 Å². The fourth-order valence-electron chi connectivity index (χ4n) is 0.836. The first-order chi connectivity index (χ1) is 5.16. The molecule has 0 aromatic rings. The lowest BCUT2D eigenvalue weighted by molar-refractivity contribution is 0.967. The van der Waals surface area contributed by atoms with Gasteiger partial charge in [-0.05, 0) is 33.6 Å². The van der Waals surface area contributed by atoms with Gasteiger partial charge in [0.25, 0.3) is 0 Å². The van der Waals surface area contributed by atoms with E-state index in [1.165, 1.54) is 11.1 Å². The maximum atomic E-state index is 5.24. The van der Waals surface area contributed by atoms with E-state index in [4.69, 9.17) is 6.58 Å². The van der Waals surface area contributed by atoms with Crippen LogP contribution in [0.1, 0.15) is 33.6 Å². The highest BCUT2D eigenvalue weighted by Crippen LogP contribution is 2.05. The minimum Gasteiger partial charge on any atom is -0.0856 e. The van der Waals surface area contributed by atoms with Crippen molar-refractivity contribution < 1.29 is 0 Å². The third-order valence-corrected chi connectivity index (χ3v) is 1.47. The molecule has 0 bridgehead atoms. The minimum atomic E-state index is 1.11. The molecule has 0 amide bonds. The van der Waals surface area contributed by atoms with Gasteiger partial charge in [-0.15, -0.1) is 0 Å². The molecule has 0 heterocycles. The molecule has 0 spiro atoms. The van der Waals surface area contributed by atoms with Gasteiger partial charge in [-0.25, -0.2) is 0 Å². The summed E-state index contributed by atoms with van der Waals surface area (Å²) in [6.07, 6.45) is 8.03. The molecule has 0 aliphatic heterocycles. The Balaban J connectivity index is 3.63. The van der Waals surface area contributed by atoms with Crippen LogP contribution in [0, 0.1) is 6.58 Å². The fraction of sp³-hybridized carbons (Fsp3) is 0.455. The third kappa shape index (κ3) is 7.11. The molecule has 0 aliphatic carbocycles. The standard InChI is InChI=1S/C11H17/c1-5-7-11(4)9-6-8-10(2)3/h1,5,7-8H,6,9H2,2-4H3/b5-1?,11-7+. The van der Waals surface area contributed by atoms with Gasteiger partial charge >= 0.3 is 0 Å². The molecule has 0 aromatic carbocycles. The van der Waals surface area contributed by atoms with Crippen molar-refractivity contribution in [2.75, 3.05) is 0 Å². The van der Waals surface area contributed by atoms with Gasteiger partial charge in [0.15, 0.2) is 0 Å². The van der Waals surface area contributed by atoms with Crippen molar-refractivity contribution in [3.8, 4) is 0 Å². The summed E-state index contributed by atoms with van der Waals surface area (Å²) in [5.41, 5.74) is 2.72. The number of hydrogen-bond donors (Lipinski definition) is 0. The van der Waals surface area contributed by atoms with Crippen LogP contribution in [0.3, 0.4) is 0 Å². The van der Waals surface area contributed by atoms with E-state index in [-0.39, 0.29) is 0 Å². The van der Waals surface area contributed by atoms with Crippen LogP contribution in [0.4, 0.5) is 0 Å². The molecular formula is C11H17. The largest absolute Gasteiger partial charge is 0.0856 e. The van der Waals surface area contributed by atoms with E-state index < -0.39 is 0 Å². The van der Waals surface area contributed by atoms with Gasteiger partial charge in [0.05, 0.1) is 0 Å². The Bertz CT molecular complexity index is 166. The van der Waals surface area contributed by atoms with Crippen molar-refractivity contribution >= 4 is 0 Å². The summed E-state index contributed by atoms with van der Waals surface area (Å²) in [6.45, 7) is 11.6. The van der Waals surface area contributed by atoms with Crippen molar-refractivity contribution in [1.29, 1.82) is 0 Å². The topological polar surface area (TPSA) is 0 Å². The maximum absolute atomic E-state index is 5.24. The molecule has 1 radical (unpaired) electrons. The van der Waals surface area contributed by atoms with Crippen molar-refractivity contribution in [2.45, 2.75) is 33.6 Å². The van der Waals surface area contributed by atoms with E-state index in [9.17, 15) is 0 Å². The first-order valence-electron chi connectivity index (χ1n) is 4.01. The first-order valence-corrected chi connectivity index (χ1v) is 4.01. The fourth-order valence-corrected chi connectivity index (χ4v) is 0.836. The molecule has 0 N–H and O–H groups in total. The molecule has 0 atom stereocenters. The average molecular weight is 149 g/mol. The van der Waals surface area contributed by atoms with Crippen LogP contribution in [0.15, 0.2) is 29.4 Å². The number of hydrogen-bond acceptors (Lipinski definition) is 0. The van der Waals surface area contributed by atoms with Gasteiger partial charge in [0.2, 0.25) is 0 Å². The van der Waals surface area contributed by atoms with Crippen LogP contribution in [0.25, 0.3) is 0 Å². The molecule has 0 rings (SSSR count). The lowest BCUT2D eigenvalue weighted by Crippen LogP contribution is -1.75. The summed E-state index contributed by atoms with van der Waals surface area (Å²) >= 11 is 0. The normalized spacial score (nSPS) is 11.0. The first kappa shape index (κ1) is 10.2. The molecule has 0 aliphatic rings. The van der Waals surface area contributed by atoms with E-state index in [0.29, 0.717) is 0 Å². The van der Waals surface area contributed by atoms with Crippen molar-refractivity contribution in [2.24, 2.45) is 0 Å². The van der Waals surface area contributed by atoms with Gasteiger partial charge in [0, 0.05) is 0 Å². The predicted octanol–water partition coefficient (Wildman–Crippen LogP) is 3.67. The van der Waals surface area contributed by atoms with Crippen LogP contribution >= 0.6 is 0 Å². The smallest absolute Gasteiger partial charge is 0.0285 e. The summed E-state index contributed by atoms with van der Waals surface area (Å²) < 4.78 is 0. The Morgan fingerprint density at radius 3 is 2.36 bits per heavy atom. The molecule has 11 heavy (non-hydrogen) atoms. The Hall–Kier alpha value is -0.780. The van der Waals surface area contributed by atoms with Gasteiger partial charge in [-0.3, -0.25) is 0 Å². The monoisotopic (exact) mass is 149 g/mol. The molecule has 0 saturated heterocycles. The molecule has 0 aromatic heterocycles. The molecule has 0 fully saturated rings. The van der Waals surface area contributed by atoms with Gasteiger partial charge in [-0.1, -0.05) is 36.0 Å². The van der Waals surface area contributed by atoms with Crippen LogP contribution in [0.5, 0.6) is 0 Å². The second-order valence-electron chi connectivity index (χ2n) is 3.03. The Morgan fingerprint density at radius 2 is 1.91 bits per heavy atom. The zero-order chi connectivity index (χ0) is 8.69. The summed E-state index contributed by atoms with van der Waals surface area (Å²) in [4.78, 5) is 0. The van der Waals surface area contributed by atoms with E-state index in [1.54, 1.807) is 6.08 Å². The SMILES string of the molecule is [CH]=C/C=C(\C)CCC=C(C)C. The van der Waals surface area contributed by atoms with Gasteiger partial charge in [0.1, 0.15) is 0 Å². The summed E-state index contributed by atoms with van der Waals surface area (Å²) in [5.74, 6) is 0. The maximum Gasteiger partial charge on any atom is -0.0285 e. The molecule has 61 valence electrons. The zero-order valence-corrected chi connectivity index (χ0v) is 7.72. The predicted molar refractivity (Wildman–Crippen MR) is 51.3 cm³/mol. The van der Waals surface area contributed by atoms with Gasteiger partial charge in [-0.2, -0.15) is 0 Å². The highest BCUT2D eigenvalue weighted by Gasteiger charge is 1.85. The van der Waals surface area contributed by atoms with E-state index in [2.05, 4.69) is 26.8 Å². The number of allylic oxidation sites excluding steroid dienone is 5. The zero-order valence-electron chi connectivity index (χ0n) is 7.72. The van der Waals surface area contributed by atoms with Crippen molar-refractivity contribution in [3.63, 3.8) is 0 Å². The molecule has 0 heteroatoms. The summed E-state index contributed by atoms with van der Waals surface area (Å²) in [5, 5.41) is 0. The van der Waals surface area contributed by atoms with E-state index in [0.717, 1.165) is 12.8 Å². The highest BCUT2D eigenvalue weighted by molar-refractivity contribution is 5.08. The van der Waals surface area contributed by atoms with Gasteiger partial charge < -0.3 is 0 Å². The van der Waals surface area contributed by atoms with Crippen LogP contribution in [0.2, 0.25) is 0 Å². The van der Waals surface area contributed by atoms with Crippen molar-refractivity contribution in [3.05, 3.63) is 36.0 Å². The summed E-state index contributed by atoms with van der Waals surface area (Å²) in [7, 11) is 0. The second kappa shape index (κ2) is 5.96. The minimum absolute atomic E-state index is 1.11. The van der Waals surface area contributed by atoms with Crippen LogP contribution in [-0.2, 0) is 0 Å². The van der Waals surface area contributed by atoms with Crippen LogP contribution in [-0.4, -0.2) is 0 Å². The lowest BCUT2D eigenvalue weighted by atomic mass is 10.1.